The zero-order valence-corrected chi connectivity index (χ0v) is 13.0. The zero-order valence-electron chi connectivity index (χ0n) is 13.0. The molecule has 2 N–H and O–H groups in total. The number of carbonyl (C=O) groups excluding carboxylic acids is 1. The largest absolute Gasteiger partial charge is 0.380 e. The lowest BCUT2D eigenvalue weighted by atomic mass is 9.89. The van der Waals surface area contributed by atoms with Gasteiger partial charge in [-0.1, -0.05) is 0 Å². The number of amides is 1. The average Bonchev–Trinajstić information content (AvgIpc) is 2.55. The molecule has 0 unspecified atom stereocenters. The monoisotopic (exact) mass is 305 g/mol. The Balaban J connectivity index is 1.63. The molecule has 2 saturated heterocycles. The van der Waals surface area contributed by atoms with E-state index in [1.165, 1.54) is 0 Å². The molecule has 1 amide bonds. The number of piperidine rings is 1. The highest BCUT2D eigenvalue weighted by Crippen LogP contribution is 2.27. The van der Waals surface area contributed by atoms with Gasteiger partial charge in [-0.25, -0.2) is 9.97 Å². The number of hydrogen-bond acceptors (Lipinski definition) is 6. The van der Waals surface area contributed by atoms with E-state index in [1.54, 1.807) is 11.1 Å². The number of hydrogen-bond donors (Lipinski definition) is 2. The summed E-state index contributed by atoms with van der Waals surface area (Å²) < 4.78 is 0. The van der Waals surface area contributed by atoms with Gasteiger partial charge in [-0.3, -0.25) is 4.79 Å². The number of carbonyl (C=O) groups is 1. The molecule has 0 bridgehead atoms. The lowest BCUT2D eigenvalue weighted by molar-refractivity contribution is -0.154. The van der Waals surface area contributed by atoms with Crippen molar-refractivity contribution in [1.29, 1.82) is 0 Å². The van der Waals surface area contributed by atoms with E-state index in [0.29, 0.717) is 39.0 Å². The van der Waals surface area contributed by atoms with E-state index >= 15 is 0 Å². The van der Waals surface area contributed by atoms with Crippen LogP contribution in [0.4, 0.5) is 5.82 Å². The maximum Gasteiger partial charge on any atom is 0.254 e. The van der Waals surface area contributed by atoms with Gasteiger partial charge in [0.2, 0.25) is 0 Å². The van der Waals surface area contributed by atoms with E-state index in [2.05, 4.69) is 20.2 Å². The topological polar surface area (TPSA) is 81.6 Å². The predicted octanol–water partition coefficient (Wildman–Crippen LogP) is -0.452. The Morgan fingerprint density at radius 3 is 2.59 bits per heavy atom. The summed E-state index contributed by atoms with van der Waals surface area (Å²) in [4.78, 5) is 25.0. The van der Waals surface area contributed by atoms with Crippen LogP contribution in [0, 0.1) is 6.92 Å². The number of nitrogens with zero attached hydrogens (tertiary/aromatic N) is 4. The van der Waals surface area contributed by atoms with Crippen molar-refractivity contribution in [2.75, 3.05) is 44.2 Å². The molecule has 1 aromatic heterocycles. The quantitative estimate of drug-likeness (QED) is 0.770. The molecule has 120 valence electrons. The van der Waals surface area contributed by atoms with Crippen molar-refractivity contribution in [2.45, 2.75) is 25.4 Å². The van der Waals surface area contributed by atoms with Gasteiger partial charge in [0.1, 0.15) is 17.2 Å². The van der Waals surface area contributed by atoms with Crippen LogP contribution >= 0.6 is 0 Å². The van der Waals surface area contributed by atoms with E-state index in [9.17, 15) is 9.90 Å². The number of aryl methyl sites for hydroxylation is 1. The molecule has 2 aliphatic rings. The van der Waals surface area contributed by atoms with Crippen molar-refractivity contribution in [3.8, 4) is 0 Å². The Morgan fingerprint density at radius 2 is 1.95 bits per heavy atom. The molecule has 0 aromatic carbocycles. The minimum Gasteiger partial charge on any atom is -0.380 e. The molecule has 2 fully saturated rings. The van der Waals surface area contributed by atoms with E-state index in [4.69, 9.17) is 0 Å². The van der Waals surface area contributed by atoms with E-state index in [-0.39, 0.29) is 5.91 Å². The molecule has 7 nitrogen and oxygen atoms in total. The lowest BCUT2D eigenvalue weighted by Crippen LogP contribution is -2.58. The fourth-order valence-electron chi connectivity index (χ4n) is 3.10. The molecule has 1 aromatic rings. The number of aliphatic hydroxyl groups is 1. The molecule has 2 aliphatic heterocycles. The van der Waals surface area contributed by atoms with Gasteiger partial charge in [-0.2, -0.15) is 0 Å². The Hall–Kier alpha value is -1.73. The summed E-state index contributed by atoms with van der Waals surface area (Å²) in [5.74, 6) is 1.48. The first-order valence-corrected chi connectivity index (χ1v) is 7.86. The van der Waals surface area contributed by atoms with Crippen molar-refractivity contribution in [3.05, 3.63) is 18.1 Å². The number of piperazine rings is 1. The van der Waals surface area contributed by atoms with Crippen LogP contribution in [0.1, 0.15) is 18.7 Å². The third-order valence-electron chi connectivity index (χ3n) is 4.48. The Bertz CT molecular complexity index is 536. The number of anilines is 1. The van der Waals surface area contributed by atoms with Gasteiger partial charge < -0.3 is 20.2 Å². The van der Waals surface area contributed by atoms with Crippen molar-refractivity contribution in [2.24, 2.45) is 0 Å². The van der Waals surface area contributed by atoms with Crippen LogP contribution < -0.4 is 10.2 Å². The zero-order chi connectivity index (χ0) is 15.6. The smallest absolute Gasteiger partial charge is 0.254 e. The van der Waals surface area contributed by atoms with Gasteiger partial charge in [-0.15, -0.1) is 0 Å². The molecule has 3 rings (SSSR count). The fraction of sp³-hybridized carbons (Fsp3) is 0.667. The second kappa shape index (κ2) is 6.18. The normalized spacial score (nSPS) is 21.7. The average molecular weight is 305 g/mol. The highest BCUT2D eigenvalue weighted by atomic mass is 16.3. The summed E-state index contributed by atoms with van der Waals surface area (Å²) in [6, 6.07) is 1.87. The van der Waals surface area contributed by atoms with Crippen LogP contribution in [-0.2, 0) is 4.79 Å². The summed E-state index contributed by atoms with van der Waals surface area (Å²) in [6.45, 7) is 6.07. The molecule has 0 aliphatic carbocycles. The highest BCUT2D eigenvalue weighted by Gasteiger charge is 2.42. The standard InChI is InChI=1S/C15H23N5O2/c1-12-17-5-2-13(18-12)19-8-3-15(22,4-9-19)14(21)20-10-6-16-7-11-20/h2,5,16,22H,3-4,6-11H2,1H3. The first-order valence-electron chi connectivity index (χ1n) is 7.86. The maximum atomic E-state index is 12.6. The van der Waals surface area contributed by atoms with Gasteiger partial charge in [-0.05, 0) is 13.0 Å². The third-order valence-corrected chi connectivity index (χ3v) is 4.48. The van der Waals surface area contributed by atoms with Crippen LogP contribution in [0.2, 0.25) is 0 Å². The summed E-state index contributed by atoms with van der Waals surface area (Å²) in [5.41, 5.74) is -1.23. The summed E-state index contributed by atoms with van der Waals surface area (Å²) in [6.07, 6.45) is 2.63. The van der Waals surface area contributed by atoms with E-state index < -0.39 is 5.60 Å². The molecule has 0 atom stereocenters. The Kier molecular flexibility index (Phi) is 4.26. The van der Waals surface area contributed by atoms with Crippen molar-refractivity contribution >= 4 is 11.7 Å². The van der Waals surface area contributed by atoms with Crippen molar-refractivity contribution in [3.63, 3.8) is 0 Å². The van der Waals surface area contributed by atoms with E-state index in [1.807, 2.05) is 13.0 Å². The van der Waals surface area contributed by atoms with Gasteiger partial charge in [0.05, 0.1) is 0 Å². The summed E-state index contributed by atoms with van der Waals surface area (Å²) in [7, 11) is 0. The predicted molar refractivity (Wildman–Crippen MR) is 82.6 cm³/mol. The van der Waals surface area contributed by atoms with Crippen molar-refractivity contribution < 1.29 is 9.90 Å². The Labute approximate surface area is 130 Å². The first kappa shape index (κ1) is 15.2. The van der Waals surface area contributed by atoms with Gasteiger partial charge in [0.25, 0.3) is 5.91 Å². The second-order valence-electron chi connectivity index (χ2n) is 6.02. The van der Waals surface area contributed by atoms with Crippen molar-refractivity contribution in [1.82, 2.24) is 20.2 Å². The van der Waals surface area contributed by atoms with Crippen LogP contribution in [0.3, 0.4) is 0 Å². The summed E-state index contributed by atoms with van der Waals surface area (Å²) >= 11 is 0. The van der Waals surface area contributed by atoms with Crippen LogP contribution in [0.5, 0.6) is 0 Å². The Morgan fingerprint density at radius 1 is 1.27 bits per heavy atom. The molecular formula is C15H23N5O2. The van der Waals surface area contributed by atoms with Gasteiger partial charge in [0.15, 0.2) is 0 Å². The maximum absolute atomic E-state index is 12.6. The second-order valence-corrected chi connectivity index (χ2v) is 6.02. The number of nitrogens with one attached hydrogen (secondary N) is 1. The van der Waals surface area contributed by atoms with Crippen LogP contribution in [-0.4, -0.2) is 70.8 Å². The third kappa shape index (κ3) is 3.05. The number of aromatic nitrogens is 2. The minimum absolute atomic E-state index is 0.118. The molecule has 0 spiro atoms. The molecule has 0 saturated carbocycles. The molecular weight excluding hydrogens is 282 g/mol. The van der Waals surface area contributed by atoms with E-state index in [0.717, 1.165) is 24.7 Å². The SMILES string of the molecule is Cc1nccc(N2CCC(O)(C(=O)N3CCNCC3)CC2)n1. The van der Waals surface area contributed by atoms with Crippen LogP contribution in [0.25, 0.3) is 0 Å². The van der Waals surface area contributed by atoms with Gasteiger partial charge in [0, 0.05) is 58.3 Å². The molecule has 22 heavy (non-hydrogen) atoms. The molecule has 0 radical (unpaired) electrons. The lowest BCUT2D eigenvalue weighted by Gasteiger charge is -2.41. The summed E-state index contributed by atoms with van der Waals surface area (Å²) in [5, 5.41) is 14.0. The fourth-order valence-corrected chi connectivity index (χ4v) is 3.10. The molecule has 3 heterocycles. The minimum atomic E-state index is -1.23. The number of rotatable bonds is 2. The first-order chi connectivity index (χ1) is 10.6. The van der Waals surface area contributed by atoms with Gasteiger partial charge >= 0.3 is 0 Å². The molecule has 7 heteroatoms. The highest BCUT2D eigenvalue weighted by molar-refractivity contribution is 5.85. The van der Waals surface area contributed by atoms with Crippen LogP contribution in [0.15, 0.2) is 12.3 Å².